The largest absolute Gasteiger partial charge is 0.493 e. The second-order valence-electron chi connectivity index (χ2n) is 8.24. The Morgan fingerprint density at radius 2 is 1.44 bits per heavy atom. The maximum absolute atomic E-state index is 6.28. The second-order valence-corrected chi connectivity index (χ2v) is 8.24. The van der Waals surface area contributed by atoms with Gasteiger partial charge >= 0.3 is 0 Å². The third-order valence-corrected chi connectivity index (χ3v) is 5.38. The van der Waals surface area contributed by atoms with E-state index in [1.165, 1.54) is 75.7 Å². The molecule has 0 spiro atoms. The molecule has 0 aromatic heterocycles. The van der Waals surface area contributed by atoms with Gasteiger partial charge in [-0.05, 0) is 68.3 Å². The summed E-state index contributed by atoms with van der Waals surface area (Å²) in [6.45, 7) is 13.8. The maximum Gasteiger partial charge on any atom is 0.126 e. The average Bonchev–Trinajstić information content (AvgIpc) is 2.61. The van der Waals surface area contributed by atoms with Crippen molar-refractivity contribution in [2.75, 3.05) is 26.2 Å². The van der Waals surface area contributed by atoms with E-state index in [9.17, 15) is 0 Å². The smallest absolute Gasteiger partial charge is 0.126 e. The molecule has 0 radical (unpaired) electrons. The van der Waals surface area contributed by atoms with Crippen molar-refractivity contribution >= 4 is 0 Å². The van der Waals surface area contributed by atoms with Crippen LogP contribution in [0.15, 0.2) is 18.2 Å². The summed E-state index contributed by atoms with van der Waals surface area (Å²) in [6.07, 6.45) is 9.38. The van der Waals surface area contributed by atoms with Crippen molar-refractivity contribution in [3.05, 3.63) is 29.3 Å². The molecule has 1 aromatic rings. The van der Waals surface area contributed by atoms with Gasteiger partial charge in [0.2, 0.25) is 0 Å². The first-order chi connectivity index (χ1) is 12.1. The van der Waals surface area contributed by atoms with Gasteiger partial charge in [0.05, 0.1) is 6.61 Å². The summed E-state index contributed by atoms with van der Waals surface area (Å²) in [6, 6.07) is 6.63. The minimum Gasteiger partial charge on any atom is -0.493 e. The van der Waals surface area contributed by atoms with Crippen LogP contribution in [0.4, 0.5) is 0 Å². The fraction of sp³-hybridized carbons (Fsp3) is 0.739. The molecule has 1 aliphatic rings. The Bertz CT molecular complexity index is 463. The zero-order valence-electron chi connectivity index (χ0n) is 17.0. The van der Waals surface area contributed by atoms with Crippen LogP contribution in [0.5, 0.6) is 5.75 Å². The summed E-state index contributed by atoms with van der Waals surface area (Å²) in [7, 11) is 0. The molecule has 1 heterocycles. The number of ether oxygens (including phenoxy) is 1. The Morgan fingerprint density at radius 3 is 2.04 bits per heavy atom. The highest BCUT2D eigenvalue weighted by Crippen LogP contribution is 2.34. The first-order valence-electron chi connectivity index (χ1n) is 10.6. The van der Waals surface area contributed by atoms with Gasteiger partial charge in [-0.2, -0.15) is 0 Å². The Kier molecular flexibility index (Phi) is 8.81. The maximum atomic E-state index is 6.28. The SMILES string of the molecule is CC(C)c1cccc(C(C)C)c1OCCCCCCN1CCCCC1. The van der Waals surface area contributed by atoms with Crippen molar-refractivity contribution in [3.8, 4) is 5.75 Å². The summed E-state index contributed by atoms with van der Waals surface area (Å²) in [5.74, 6) is 2.18. The summed E-state index contributed by atoms with van der Waals surface area (Å²) in [5.41, 5.74) is 2.72. The first kappa shape index (κ1) is 20.3. The fourth-order valence-electron chi connectivity index (χ4n) is 3.80. The molecule has 0 amide bonds. The molecule has 0 bridgehead atoms. The minimum atomic E-state index is 0.512. The van der Waals surface area contributed by atoms with Crippen molar-refractivity contribution in [1.29, 1.82) is 0 Å². The van der Waals surface area contributed by atoms with Crippen molar-refractivity contribution < 1.29 is 4.74 Å². The summed E-state index contributed by atoms with van der Waals surface area (Å²) >= 11 is 0. The molecule has 2 heteroatoms. The standard InChI is InChI=1S/C23H39NO/c1-19(2)21-13-12-14-22(20(3)4)23(21)25-18-11-6-5-8-15-24-16-9-7-10-17-24/h12-14,19-20H,5-11,15-18H2,1-4H3. The molecule has 0 atom stereocenters. The van der Waals surface area contributed by atoms with Crippen LogP contribution >= 0.6 is 0 Å². The van der Waals surface area contributed by atoms with Crippen LogP contribution in [-0.4, -0.2) is 31.1 Å². The van der Waals surface area contributed by atoms with Crippen molar-refractivity contribution in [1.82, 2.24) is 4.90 Å². The van der Waals surface area contributed by atoms with Gasteiger partial charge in [-0.25, -0.2) is 0 Å². The first-order valence-corrected chi connectivity index (χ1v) is 10.6. The van der Waals surface area contributed by atoms with Crippen molar-refractivity contribution in [3.63, 3.8) is 0 Å². The zero-order chi connectivity index (χ0) is 18.1. The summed E-state index contributed by atoms with van der Waals surface area (Å²) < 4.78 is 6.28. The van der Waals surface area contributed by atoms with Crippen LogP contribution in [-0.2, 0) is 0 Å². The molecule has 0 unspecified atom stereocenters. The molecule has 0 N–H and O–H groups in total. The Morgan fingerprint density at radius 1 is 0.840 bits per heavy atom. The number of nitrogens with zero attached hydrogens (tertiary/aromatic N) is 1. The van der Waals surface area contributed by atoms with Gasteiger partial charge in [0, 0.05) is 0 Å². The van der Waals surface area contributed by atoms with Crippen molar-refractivity contribution in [2.45, 2.75) is 84.5 Å². The van der Waals surface area contributed by atoms with E-state index in [1.807, 2.05) is 0 Å². The Labute approximate surface area is 156 Å². The average molecular weight is 346 g/mol. The third kappa shape index (κ3) is 6.66. The van der Waals surface area contributed by atoms with Crippen LogP contribution in [0.3, 0.4) is 0 Å². The normalized spacial score (nSPS) is 15.9. The number of hydrogen-bond donors (Lipinski definition) is 0. The zero-order valence-corrected chi connectivity index (χ0v) is 17.0. The molecule has 2 rings (SSSR count). The van der Waals surface area contributed by atoms with E-state index < -0.39 is 0 Å². The number of likely N-dealkylation sites (tertiary alicyclic amines) is 1. The Hall–Kier alpha value is -1.02. The van der Waals surface area contributed by atoms with E-state index in [1.54, 1.807) is 0 Å². The Balaban J connectivity index is 1.70. The predicted molar refractivity (Wildman–Crippen MR) is 109 cm³/mol. The monoisotopic (exact) mass is 345 g/mol. The molecule has 1 saturated heterocycles. The lowest BCUT2D eigenvalue weighted by atomic mass is 9.94. The minimum absolute atomic E-state index is 0.512. The van der Waals surface area contributed by atoms with E-state index in [0.717, 1.165) is 12.4 Å². The molecular formula is C23H39NO. The van der Waals surface area contributed by atoms with Gasteiger partial charge in [0.1, 0.15) is 5.75 Å². The fourth-order valence-corrected chi connectivity index (χ4v) is 3.80. The number of unbranched alkanes of at least 4 members (excludes halogenated alkanes) is 3. The van der Waals surface area contributed by atoms with Crippen LogP contribution in [0.25, 0.3) is 0 Å². The predicted octanol–water partition coefficient (Wildman–Crippen LogP) is 6.36. The number of hydrogen-bond acceptors (Lipinski definition) is 2. The third-order valence-electron chi connectivity index (χ3n) is 5.38. The molecule has 2 nitrogen and oxygen atoms in total. The van der Waals surface area contributed by atoms with E-state index in [4.69, 9.17) is 4.74 Å². The van der Waals surface area contributed by atoms with Crippen LogP contribution < -0.4 is 4.74 Å². The molecule has 0 saturated carbocycles. The van der Waals surface area contributed by atoms with Crippen LogP contribution in [0.1, 0.15) is 95.6 Å². The number of para-hydroxylation sites is 1. The van der Waals surface area contributed by atoms with Crippen LogP contribution in [0, 0.1) is 0 Å². The highest BCUT2D eigenvalue weighted by Gasteiger charge is 2.14. The van der Waals surface area contributed by atoms with Gasteiger partial charge in [0.25, 0.3) is 0 Å². The van der Waals surface area contributed by atoms with Crippen LogP contribution in [0.2, 0.25) is 0 Å². The number of benzene rings is 1. The van der Waals surface area contributed by atoms with E-state index in [0.29, 0.717) is 11.8 Å². The van der Waals surface area contributed by atoms with E-state index in [-0.39, 0.29) is 0 Å². The van der Waals surface area contributed by atoms with E-state index >= 15 is 0 Å². The number of piperidine rings is 1. The number of rotatable bonds is 10. The van der Waals surface area contributed by atoms with Gasteiger partial charge < -0.3 is 9.64 Å². The molecular weight excluding hydrogens is 306 g/mol. The second kappa shape index (κ2) is 10.9. The lowest BCUT2D eigenvalue weighted by molar-refractivity contribution is 0.223. The van der Waals surface area contributed by atoms with Gasteiger partial charge in [0.15, 0.2) is 0 Å². The molecule has 1 aromatic carbocycles. The molecule has 1 aliphatic heterocycles. The quantitative estimate of drug-likeness (QED) is 0.458. The topological polar surface area (TPSA) is 12.5 Å². The van der Waals surface area contributed by atoms with Gasteiger partial charge in [-0.1, -0.05) is 65.2 Å². The van der Waals surface area contributed by atoms with Gasteiger partial charge in [-0.15, -0.1) is 0 Å². The molecule has 1 fully saturated rings. The summed E-state index contributed by atoms with van der Waals surface area (Å²) in [4.78, 5) is 2.65. The summed E-state index contributed by atoms with van der Waals surface area (Å²) in [5, 5.41) is 0. The molecule has 0 aliphatic carbocycles. The highest BCUT2D eigenvalue weighted by atomic mass is 16.5. The molecule has 142 valence electrons. The lowest BCUT2D eigenvalue weighted by Crippen LogP contribution is -2.30. The molecule has 25 heavy (non-hydrogen) atoms. The highest BCUT2D eigenvalue weighted by molar-refractivity contribution is 5.44. The van der Waals surface area contributed by atoms with Gasteiger partial charge in [-0.3, -0.25) is 0 Å². The van der Waals surface area contributed by atoms with Crippen molar-refractivity contribution in [2.24, 2.45) is 0 Å². The van der Waals surface area contributed by atoms with E-state index in [2.05, 4.69) is 50.8 Å². The lowest BCUT2D eigenvalue weighted by Gasteiger charge is -2.26.